The maximum atomic E-state index is 3.82. The third-order valence-corrected chi connectivity index (χ3v) is 1.77. The molecule has 0 atom stereocenters. The fourth-order valence-corrected chi connectivity index (χ4v) is 1.15. The predicted octanol–water partition coefficient (Wildman–Crippen LogP) is 0.805. The van der Waals surface area contributed by atoms with Gasteiger partial charge in [-0.1, -0.05) is 18.7 Å². The molecule has 0 aliphatic rings. The highest BCUT2D eigenvalue weighted by Crippen LogP contribution is 2.07. The molecule has 0 saturated heterocycles. The van der Waals surface area contributed by atoms with Crippen LogP contribution in [0.1, 0.15) is 13.3 Å². The molecule has 1 aromatic heterocycles. The first kappa shape index (κ1) is 7.53. The molecular weight excluding hydrogens is 148 g/mol. The lowest BCUT2D eigenvalue weighted by atomic mass is 10.5. The fraction of sp³-hybridized carbons (Fsp3) is 0.800. The third kappa shape index (κ3) is 1.47. The molecule has 4 nitrogen and oxygen atoms in total. The summed E-state index contributed by atoms with van der Waals surface area (Å²) in [6.07, 6.45) is 3.04. The summed E-state index contributed by atoms with van der Waals surface area (Å²) in [5, 5.41) is 12.1. The summed E-state index contributed by atoms with van der Waals surface area (Å²) in [4.78, 5) is 0. The van der Waals surface area contributed by atoms with Crippen molar-refractivity contribution < 1.29 is 0 Å². The Hall–Kier alpha value is -0.580. The van der Waals surface area contributed by atoms with Gasteiger partial charge in [0.1, 0.15) is 0 Å². The van der Waals surface area contributed by atoms with Crippen molar-refractivity contribution in [2.24, 2.45) is 0 Å². The number of nitrogens with zero attached hydrogens (tertiary/aromatic N) is 4. The van der Waals surface area contributed by atoms with Crippen LogP contribution in [0.5, 0.6) is 0 Å². The first-order valence-electron chi connectivity index (χ1n) is 3.18. The normalized spacial score (nSPS) is 10.2. The molecule has 0 aliphatic carbocycles. The van der Waals surface area contributed by atoms with Crippen molar-refractivity contribution in [3.8, 4) is 0 Å². The van der Waals surface area contributed by atoms with Gasteiger partial charge in [-0.3, -0.25) is 0 Å². The van der Waals surface area contributed by atoms with Crippen molar-refractivity contribution in [1.82, 2.24) is 20.2 Å². The Morgan fingerprint density at radius 1 is 1.60 bits per heavy atom. The minimum atomic E-state index is 0.891. The Morgan fingerprint density at radius 3 is 3.00 bits per heavy atom. The van der Waals surface area contributed by atoms with Crippen molar-refractivity contribution in [2.75, 3.05) is 6.26 Å². The molecule has 1 aromatic rings. The molecule has 0 amide bonds. The lowest BCUT2D eigenvalue weighted by Crippen LogP contribution is -2.00. The van der Waals surface area contributed by atoms with Crippen LogP contribution < -0.4 is 0 Å². The molecule has 1 rings (SSSR count). The molecule has 0 aromatic carbocycles. The van der Waals surface area contributed by atoms with Gasteiger partial charge in [0.15, 0.2) is 0 Å². The van der Waals surface area contributed by atoms with Gasteiger partial charge in [-0.25, -0.2) is 4.68 Å². The van der Waals surface area contributed by atoms with Crippen LogP contribution in [-0.4, -0.2) is 26.5 Å². The summed E-state index contributed by atoms with van der Waals surface area (Å²) in [5.41, 5.74) is 0. The largest absolute Gasteiger partial charge is 0.220 e. The summed E-state index contributed by atoms with van der Waals surface area (Å²) in [6.45, 7) is 3.01. The number of aryl methyl sites for hydroxylation is 1. The van der Waals surface area contributed by atoms with Gasteiger partial charge in [0.2, 0.25) is 5.16 Å². The van der Waals surface area contributed by atoms with Crippen LogP contribution in [0.15, 0.2) is 5.16 Å². The highest BCUT2D eigenvalue weighted by molar-refractivity contribution is 7.98. The molecule has 1 heterocycles. The van der Waals surface area contributed by atoms with Gasteiger partial charge < -0.3 is 0 Å². The van der Waals surface area contributed by atoms with Gasteiger partial charge in [-0.15, -0.1) is 5.10 Å². The second kappa shape index (κ2) is 3.55. The molecular formula is C5H10N4S. The van der Waals surface area contributed by atoms with Crippen LogP contribution in [0.2, 0.25) is 0 Å². The average Bonchev–Trinajstić information content (AvgIpc) is 2.36. The molecule has 0 fully saturated rings. The number of rotatable bonds is 3. The highest BCUT2D eigenvalue weighted by Gasteiger charge is 2.00. The van der Waals surface area contributed by atoms with Gasteiger partial charge in [-0.2, -0.15) is 0 Å². The van der Waals surface area contributed by atoms with Crippen molar-refractivity contribution in [3.63, 3.8) is 0 Å². The second-order valence-corrected chi connectivity index (χ2v) is 2.66. The van der Waals surface area contributed by atoms with Crippen molar-refractivity contribution >= 4 is 11.8 Å². The van der Waals surface area contributed by atoms with Gasteiger partial charge in [0, 0.05) is 6.54 Å². The smallest absolute Gasteiger partial charge is 0.209 e. The molecule has 0 aliphatic heterocycles. The van der Waals surface area contributed by atoms with Crippen molar-refractivity contribution in [3.05, 3.63) is 0 Å². The van der Waals surface area contributed by atoms with Crippen LogP contribution in [0.25, 0.3) is 0 Å². The molecule has 0 saturated carbocycles. The molecule has 0 radical (unpaired) electrons. The zero-order valence-electron chi connectivity index (χ0n) is 6.11. The quantitative estimate of drug-likeness (QED) is 0.610. The van der Waals surface area contributed by atoms with Crippen LogP contribution in [-0.2, 0) is 6.54 Å². The van der Waals surface area contributed by atoms with Gasteiger partial charge in [0.25, 0.3) is 0 Å². The third-order valence-electron chi connectivity index (χ3n) is 1.12. The summed E-state index contributed by atoms with van der Waals surface area (Å²) in [6, 6.07) is 0. The Labute approximate surface area is 64.0 Å². The fourth-order valence-electron chi connectivity index (χ4n) is 0.695. The van der Waals surface area contributed by atoms with Gasteiger partial charge in [0.05, 0.1) is 0 Å². The van der Waals surface area contributed by atoms with E-state index in [1.54, 1.807) is 11.8 Å². The molecule has 0 bridgehead atoms. The Kier molecular flexibility index (Phi) is 2.68. The van der Waals surface area contributed by atoms with Crippen molar-refractivity contribution in [2.45, 2.75) is 25.0 Å². The van der Waals surface area contributed by atoms with E-state index < -0.39 is 0 Å². The minimum absolute atomic E-state index is 0.891. The molecule has 0 unspecified atom stereocenters. The maximum absolute atomic E-state index is 3.82. The number of aromatic nitrogens is 4. The lowest BCUT2D eigenvalue weighted by molar-refractivity contribution is 0.539. The number of thioether (sulfide) groups is 1. The van der Waals surface area contributed by atoms with E-state index >= 15 is 0 Å². The number of tetrazole rings is 1. The molecule has 10 heavy (non-hydrogen) atoms. The second-order valence-electron chi connectivity index (χ2n) is 1.89. The Bertz CT molecular complexity index is 197. The molecule has 0 N–H and O–H groups in total. The lowest BCUT2D eigenvalue weighted by Gasteiger charge is -1.96. The number of hydrogen-bond acceptors (Lipinski definition) is 4. The van der Waals surface area contributed by atoms with Crippen LogP contribution in [0.3, 0.4) is 0 Å². The van der Waals surface area contributed by atoms with Crippen molar-refractivity contribution in [1.29, 1.82) is 0 Å². The highest BCUT2D eigenvalue weighted by atomic mass is 32.2. The van der Waals surface area contributed by atoms with E-state index in [0.717, 1.165) is 18.1 Å². The van der Waals surface area contributed by atoms with Crippen LogP contribution in [0.4, 0.5) is 0 Å². The first-order chi connectivity index (χ1) is 4.88. The standard InChI is InChI=1S/C5H10N4S/c1-3-4-9-5(10-2)6-7-8-9/h3-4H2,1-2H3. The summed E-state index contributed by atoms with van der Waals surface area (Å²) in [5.74, 6) is 0. The van der Waals surface area contributed by atoms with Gasteiger partial charge >= 0.3 is 0 Å². The van der Waals surface area contributed by atoms with E-state index in [0.29, 0.717) is 0 Å². The van der Waals surface area contributed by atoms with E-state index in [-0.39, 0.29) is 0 Å². The van der Waals surface area contributed by atoms with Crippen LogP contribution in [0, 0.1) is 0 Å². The van der Waals surface area contributed by atoms with Gasteiger partial charge in [-0.05, 0) is 23.1 Å². The Morgan fingerprint density at radius 2 is 2.40 bits per heavy atom. The molecule has 5 heteroatoms. The predicted molar refractivity (Wildman–Crippen MR) is 39.9 cm³/mol. The minimum Gasteiger partial charge on any atom is -0.220 e. The maximum Gasteiger partial charge on any atom is 0.209 e. The van der Waals surface area contributed by atoms with E-state index in [1.165, 1.54) is 0 Å². The monoisotopic (exact) mass is 158 g/mol. The molecule has 0 spiro atoms. The average molecular weight is 158 g/mol. The topological polar surface area (TPSA) is 43.6 Å². The van der Waals surface area contributed by atoms with E-state index in [9.17, 15) is 0 Å². The Balaban J connectivity index is 2.70. The van der Waals surface area contributed by atoms with E-state index in [2.05, 4.69) is 22.4 Å². The summed E-state index contributed by atoms with van der Waals surface area (Å²) >= 11 is 1.57. The van der Waals surface area contributed by atoms with E-state index in [1.807, 2.05) is 10.9 Å². The first-order valence-corrected chi connectivity index (χ1v) is 4.41. The molecule has 56 valence electrons. The zero-order valence-corrected chi connectivity index (χ0v) is 6.93. The van der Waals surface area contributed by atoms with E-state index in [4.69, 9.17) is 0 Å². The number of hydrogen-bond donors (Lipinski definition) is 0. The van der Waals surface area contributed by atoms with Crippen LogP contribution >= 0.6 is 11.8 Å². The summed E-state index contributed by atoms with van der Waals surface area (Å²) in [7, 11) is 0. The SMILES string of the molecule is CCCn1nnnc1SC. The zero-order chi connectivity index (χ0) is 7.40. The summed E-state index contributed by atoms with van der Waals surface area (Å²) < 4.78 is 1.81.